The second-order valence-electron chi connectivity index (χ2n) is 18.9. The lowest BCUT2D eigenvalue weighted by Crippen LogP contribution is -2.11. The van der Waals surface area contributed by atoms with Gasteiger partial charge in [0, 0.05) is 61.2 Å². The zero-order valence-electron chi connectivity index (χ0n) is 41.3. The molecule has 0 spiro atoms. The monoisotopic (exact) mass is 973 g/mol. The van der Waals surface area contributed by atoms with Gasteiger partial charge in [-0.05, 0) is 131 Å². The average Bonchev–Trinajstić information content (AvgIpc) is 4.10. The maximum Gasteiger partial charge on any atom is 0.240 e. The van der Waals surface area contributed by atoms with E-state index in [-0.39, 0.29) is 0 Å². The molecule has 7 heteroatoms. The third kappa shape index (κ3) is 7.82. The lowest BCUT2D eigenvalue weighted by molar-refractivity contribution is 0.893. The van der Waals surface area contributed by atoms with Gasteiger partial charge in [-0.1, -0.05) is 176 Å². The number of aromatic nitrogens is 5. The second kappa shape index (κ2) is 18.9. The van der Waals surface area contributed by atoms with Crippen LogP contribution in [0, 0.1) is 0 Å². The summed E-state index contributed by atoms with van der Waals surface area (Å²) in [5, 5.41) is 4.34. The van der Waals surface area contributed by atoms with E-state index in [1.54, 1.807) is 0 Å². The summed E-state index contributed by atoms with van der Waals surface area (Å²) in [6.45, 7) is 0. The summed E-state index contributed by atoms with van der Waals surface area (Å²) in [5.41, 5.74) is 15.5. The van der Waals surface area contributed by atoms with E-state index in [0.29, 0.717) is 17.7 Å². The van der Waals surface area contributed by atoms with Crippen LogP contribution in [0.25, 0.3) is 89.2 Å². The smallest absolute Gasteiger partial charge is 0.240 e. The highest BCUT2D eigenvalue weighted by molar-refractivity contribution is 6.12. The number of para-hydroxylation sites is 6. The van der Waals surface area contributed by atoms with Gasteiger partial charge in [-0.2, -0.15) is 15.0 Å². The van der Waals surface area contributed by atoms with Gasteiger partial charge in [-0.3, -0.25) is 9.13 Å². The minimum absolute atomic E-state index is 0.509. The Morgan fingerprint density at radius 3 is 1.04 bits per heavy atom. The first-order chi connectivity index (χ1) is 37.7. The Morgan fingerprint density at radius 2 is 0.605 bits per heavy atom. The molecule has 0 saturated carbocycles. The Bertz CT molecular complexity index is 4090. The fourth-order valence-electron chi connectivity index (χ4n) is 10.9. The van der Waals surface area contributed by atoms with Crippen molar-refractivity contribution >= 4 is 77.7 Å². The third-order valence-corrected chi connectivity index (χ3v) is 14.4. The third-order valence-electron chi connectivity index (χ3n) is 14.4. The van der Waals surface area contributed by atoms with Crippen LogP contribution < -0.4 is 9.80 Å². The zero-order chi connectivity index (χ0) is 50.4. The van der Waals surface area contributed by atoms with Crippen LogP contribution >= 0.6 is 0 Å². The van der Waals surface area contributed by atoms with Crippen molar-refractivity contribution in [1.29, 1.82) is 0 Å². The number of fused-ring (bicyclic) bond motifs is 6. The first kappa shape index (κ1) is 44.3. The standard InChI is InChI=1S/C69H47N7/c1-7-23-48(24-8-1)50-39-42-59(60(45-50)49-25-9-2-10-26-49)67-70-68(75-63-37-21-19-35-57(63)61-46-55(40-43-65(61)75)73(51-27-11-3-12-28-51)52-29-13-4-14-30-52)72-69(71-67)76-64-38-22-20-36-58(64)62-47-56(41-44-66(62)76)74(53-31-15-5-16-32-53)54-33-17-6-18-34-54/h1-47H. The maximum atomic E-state index is 5.60. The van der Waals surface area contributed by atoms with Gasteiger partial charge in [0.1, 0.15) is 0 Å². The molecule has 0 aliphatic heterocycles. The number of rotatable bonds is 11. The lowest BCUT2D eigenvalue weighted by Gasteiger charge is -2.25. The summed E-state index contributed by atoms with van der Waals surface area (Å²) >= 11 is 0. The Kier molecular flexibility index (Phi) is 11.0. The molecule has 358 valence electrons. The molecular weight excluding hydrogens is 927 g/mol. The Labute approximate surface area is 440 Å². The summed E-state index contributed by atoms with van der Waals surface area (Å²) in [6, 6.07) is 100. The molecule has 0 saturated heterocycles. The molecule has 3 heterocycles. The molecule has 0 aliphatic rings. The van der Waals surface area contributed by atoms with Gasteiger partial charge in [0.25, 0.3) is 0 Å². The van der Waals surface area contributed by atoms with Crippen LogP contribution in [0.3, 0.4) is 0 Å². The molecule has 0 atom stereocenters. The summed E-state index contributed by atoms with van der Waals surface area (Å²) in [7, 11) is 0. The van der Waals surface area contributed by atoms with Crippen LogP contribution in [0.5, 0.6) is 0 Å². The molecule has 76 heavy (non-hydrogen) atoms. The summed E-state index contributed by atoms with van der Waals surface area (Å²) < 4.78 is 4.42. The molecule has 3 aromatic heterocycles. The minimum atomic E-state index is 0.509. The molecule has 14 rings (SSSR count). The van der Waals surface area contributed by atoms with Gasteiger partial charge >= 0.3 is 0 Å². The van der Waals surface area contributed by atoms with Gasteiger partial charge < -0.3 is 9.80 Å². The normalized spacial score (nSPS) is 11.4. The van der Waals surface area contributed by atoms with E-state index in [2.05, 4.69) is 304 Å². The van der Waals surface area contributed by atoms with Crippen LogP contribution in [0.2, 0.25) is 0 Å². The Balaban J connectivity index is 1.03. The predicted octanol–water partition coefficient (Wildman–Crippen LogP) is 18.0. The van der Waals surface area contributed by atoms with Crippen LogP contribution in [-0.4, -0.2) is 24.1 Å². The van der Waals surface area contributed by atoms with Crippen molar-refractivity contribution in [3.8, 4) is 45.5 Å². The van der Waals surface area contributed by atoms with Gasteiger partial charge in [0.2, 0.25) is 11.9 Å². The molecule has 0 fully saturated rings. The summed E-state index contributed by atoms with van der Waals surface area (Å²) in [5.74, 6) is 1.58. The van der Waals surface area contributed by atoms with Gasteiger partial charge in [-0.25, -0.2) is 0 Å². The molecule has 7 nitrogen and oxygen atoms in total. The molecule has 0 radical (unpaired) electrons. The Morgan fingerprint density at radius 1 is 0.237 bits per heavy atom. The largest absolute Gasteiger partial charge is 0.310 e. The molecule has 0 bridgehead atoms. The quantitative estimate of drug-likeness (QED) is 0.129. The van der Waals surface area contributed by atoms with Crippen LogP contribution in [0.15, 0.2) is 285 Å². The molecule has 14 aromatic rings. The van der Waals surface area contributed by atoms with E-state index in [4.69, 9.17) is 15.0 Å². The molecule has 0 unspecified atom stereocenters. The van der Waals surface area contributed by atoms with Crippen molar-refractivity contribution in [3.63, 3.8) is 0 Å². The highest BCUT2D eigenvalue weighted by Crippen LogP contribution is 2.43. The van der Waals surface area contributed by atoms with E-state index in [0.717, 1.165) is 106 Å². The zero-order valence-corrected chi connectivity index (χ0v) is 41.3. The van der Waals surface area contributed by atoms with E-state index in [1.165, 1.54) is 0 Å². The van der Waals surface area contributed by atoms with Crippen molar-refractivity contribution in [2.75, 3.05) is 9.80 Å². The van der Waals surface area contributed by atoms with Crippen molar-refractivity contribution in [3.05, 3.63) is 285 Å². The first-order valence-corrected chi connectivity index (χ1v) is 25.6. The molecule has 0 aliphatic carbocycles. The fraction of sp³-hybridized carbons (Fsp3) is 0. The van der Waals surface area contributed by atoms with Crippen molar-refractivity contribution in [2.24, 2.45) is 0 Å². The van der Waals surface area contributed by atoms with E-state index in [9.17, 15) is 0 Å². The SMILES string of the molecule is c1ccc(-c2ccc(-c3nc(-n4c5ccccc5c5cc(N(c6ccccc6)c6ccccc6)ccc54)nc(-n4c5ccccc5c5cc(N(c6ccccc6)c6ccccc6)ccc54)n3)c(-c3ccccc3)c2)cc1. The highest BCUT2D eigenvalue weighted by atomic mass is 15.3. The second-order valence-corrected chi connectivity index (χ2v) is 18.9. The van der Waals surface area contributed by atoms with Crippen molar-refractivity contribution in [2.45, 2.75) is 0 Å². The van der Waals surface area contributed by atoms with Crippen molar-refractivity contribution < 1.29 is 0 Å². The molecule has 0 N–H and O–H groups in total. The summed E-state index contributed by atoms with van der Waals surface area (Å²) in [6.07, 6.45) is 0. The van der Waals surface area contributed by atoms with E-state index in [1.807, 2.05) is 0 Å². The highest BCUT2D eigenvalue weighted by Gasteiger charge is 2.24. The minimum Gasteiger partial charge on any atom is -0.310 e. The number of benzene rings is 11. The molecular formula is C69H47N7. The van der Waals surface area contributed by atoms with E-state index < -0.39 is 0 Å². The topological polar surface area (TPSA) is 55.0 Å². The maximum absolute atomic E-state index is 5.60. The fourth-order valence-corrected chi connectivity index (χ4v) is 10.9. The number of hydrogen-bond acceptors (Lipinski definition) is 5. The number of anilines is 6. The molecule has 0 amide bonds. The van der Waals surface area contributed by atoms with Crippen LogP contribution in [0.1, 0.15) is 0 Å². The van der Waals surface area contributed by atoms with Gasteiger partial charge in [0.05, 0.1) is 22.1 Å². The molecule has 11 aromatic carbocycles. The lowest BCUT2D eigenvalue weighted by atomic mass is 9.94. The average molecular weight is 974 g/mol. The first-order valence-electron chi connectivity index (χ1n) is 25.6. The van der Waals surface area contributed by atoms with Gasteiger partial charge in [-0.15, -0.1) is 0 Å². The summed E-state index contributed by atoms with van der Waals surface area (Å²) in [4.78, 5) is 21.4. The number of nitrogens with zero attached hydrogens (tertiary/aromatic N) is 7. The van der Waals surface area contributed by atoms with Crippen molar-refractivity contribution in [1.82, 2.24) is 24.1 Å². The van der Waals surface area contributed by atoms with Crippen LogP contribution in [0.4, 0.5) is 34.1 Å². The van der Waals surface area contributed by atoms with E-state index >= 15 is 0 Å². The predicted molar refractivity (Wildman–Crippen MR) is 314 cm³/mol. The number of hydrogen-bond donors (Lipinski definition) is 0. The Hall–Kier alpha value is -10.4. The van der Waals surface area contributed by atoms with Crippen LogP contribution in [-0.2, 0) is 0 Å². The van der Waals surface area contributed by atoms with Gasteiger partial charge in [0.15, 0.2) is 5.82 Å².